The van der Waals surface area contributed by atoms with Gasteiger partial charge >= 0.3 is 0 Å². The summed E-state index contributed by atoms with van der Waals surface area (Å²) in [4.78, 5) is 12.6. The molecule has 0 aromatic heterocycles. The highest BCUT2D eigenvalue weighted by molar-refractivity contribution is 6.05. The molecule has 0 saturated carbocycles. The van der Waals surface area contributed by atoms with Gasteiger partial charge in [-0.15, -0.1) is 0 Å². The van der Waals surface area contributed by atoms with E-state index in [1.165, 1.54) is 0 Å². The third-order valence-electron chi connectivity index (χ3n) is 3.47. The summed E-state index contributed by atoms with van der Waals surface area (Å²) >= 11 is 0. The highest BCUT2D eigenvalue weighted by Gasteiger charge is 2.35. The first-order chi connectivity index (χ1) is 8.17. The van der Waals surface area contributed by atoms with Gasteiger partial charge in [0.05, 0.1) is 18.2 Å². The van der Waals surface area contributed by atoms with Crippen LogP contribution in [0.1, 0.15) is 36.5 Å². The van der Waals surface area contributed by atoms with E-state index in [9.17, 15) is 4.79 Å². The number of piperidine rings is 1. The minimum Gasteiger partial charge on any atom is -0.496 e. The Morgan fingerprint density at radius 3 is 2.76 bits per heavy atom. The fourth-order valence-electron chi connectivity index (χ4n) is 2.38. The molecule has 92 valence electrons. The summed E-state index contributed by atoms with van der Waals surface area (Å²) in [5, 5.41) is 3.34. The van der Waals surface area contributed by atoms with Crippen molar-refractivity contribution in [3.63, 3.8) is 0 Å². The van der Waals surface area contributed by atoms with Crippen molar-refractivity contribution in [3.05, 3.63) is 29.8 Å². The lowest BCUT2D eigenvalue weighted by atomic mass is 9.83. The third-order valence-corrected chi connectivity index (χ3v) is 3.47. The molecule has 1 heterocycles. The molecule has 1 fully saturated rings. The zero-order valence-corrected chi connectivity index (χ0v) is 10.5. The van der Waals surface area contributed by atoms with E-state index in [0.29, 0.717) is 11.3 Å². The number of hydrogen-bond acceptors (Lipinski definition) is 3. The zero-order chi connectivity index (χ0) is 12.3. The van der Waals surface area contributed by atoms with E-state index >= 15 is 0 Å². The zero-order valence-electron chi connectivity index (χ0n) is 10.5. The Hall–Kier alpha value is -1.35. The second-order valence-electron chi connectivity index (χ2n) is 4.75. The number of methoxy groups -OCH3 is 1. The first kappa shape index (κ1) is 12.1. The van der Waals surface area contributed by atoms with Crippen LogP contribution < -0.4 is 10.1 Å². The molecule has 1 aliphatic rings. The van der Waals surface area contributed by atoms with Crippen molar-refractivity contribution in [3.8, 4) is 5.75 Å². The molecule has 1 N–H and O–H groups in total. The van der Waals surface area contributed by atoms with E-state index in [2.05, 4.69) is 5.32 Å². The highest BCUT2D eigenvalue weighted by atomic mass is 16.5. The lowest BCUT2D eigenvalue weighted by Crippen LogP contribution is -2.52. The van der Waals surface area contributed by atoms with Gasteiger partial charge < -0.3 is 10.1 Å². The van der Waals surface area contributed by atoms with Gasteiger partial charge in [-0.25, -0.2) is 0 Å². The molecule has 3 nitrogen and oxygen atoms in total. The molecule has 1 atom stereocenters. The molecule has 1 unspecified atom stereocenters. The average Bonchev–Trinajstić information content (AvgIpc) is 2.38. The van der Waals surface area contributed by atoms with Gasteiger partial charge in [-0.3, -0.25) is 4.79 Å². The van der Waals surface area contributed by atoms with Crippen LogP contribution in [0.15, 0.2) is 24.3 Å². The Morgan fingerprint density at radius 1 is 1.35 bits per heavy atom. The molecule has 17 heavy (non-hydrogen) atoms. The summed E-state index contributed by atoms with van der Waals surface area (Å²) in [6.07, 6.45) is 3.14. The van der Waals surface area contributed by atoms with Crippen LogP contribution in [0.25, 0.3) is 0 Å². The Labute approximate surface area is 102 Å². The molecule has 1 aliphatic heterocycles. The molecular formula is C14H19NO2. The number of rotatable bonds is 3. The normalized spacial score (nSPS) is 24.4. The predicted molar refractivity (Wildman–Crippen MR) is 67.6 cm³/mol. The maximum absolute atomic E-state index is 12.6. The number of carbonyl (C=O) groups excluding carboxylic acids is 1. The molecule has 0 aliphatic carbocycles. The largest absolute Gasteiger partial charge is 0.496 e. The number of carbonyl (C=O) groups is 1. The van der Waals surface area contributed by atoms with Crippen molar-refractivity contribution in [2.45, 2.75) is 31.7 Å². The van der Waals surface area contributed by atoms with Crippen LogP contribution in [0.4, 0.5) is 0 Å². The van der Waals surface area contributed by atoms with Gasteiger partial charge in [0.15, 0.2) is 5.78 Å². The fourth-order valence-corrected chi connectivity index (χ4v) is 2.38. The second kappa shape index (κ2) is 4.88. The maximum Gasteiger partial charge on any atom is 0.186 e. The molecule has 0 spiro atoms. The van der Waals surface area contributed by atoms with E-state index in [4.69, 9.17) is 4.74 Å². The number of para-hydroxylation sites is 1. The molecule has 1 aromatic carbocycles. The van der Waals surface area contributed by atoms with Crippen LogP contribution in [-0.4, -0.2) is 25.0 Å². The summed E-state index contributed by atoms with van der Waals surface area (Å²) in [6.45, 7) is 2.90. The SMILES string of the molecule is COc1ccccc1C(=O)C1(C)CCCCN1. The summed E-state index contributed by atoms with van der Waals surface area (Å²) in [5.74, 6) is 0.792. The lowest BCUT2D eigenvalue weighted by Gasteiger charge is -2.33. The monoisotopic (exact) mass is 233 g/mol. The number of nitrogens with one attached hydrogen (secondary N) is 1. The molecule has 0 bridgehead atoms. The van der Waals surface area contributed by atoms with Crippen LogP contribution in [0, 0.1) is 0 Å². The summed E-state index contributed by atoms with van der Waals surface area (Å²) < 4.78 is 5.25. The third kappa shape index (κ3) is 2.34. The standard InChI is InChI=1S/C14H19NO2/c1-14(9-5-6-10-15-14)13(16)11-7-3-4-8-12(11)17-2/h3-4,7-8,15H,5-6,9-10H2,1-2H3. The second-order valence-corrected chi connectivity index (χ2v) is 4.75. The number of ketones is 1. The average molecular weight is 233 g/mol. The number of Topliss-reactive ketones (excluding diaryl/α,β-unsaturated/α-hetero) is 1. The lowest BCUT2D eigenvalue weighted by molar-refractivity contribution is 0.0831. The van der Waals surface area contributed by atoms with Gasteiger partial charge in [-0.05, 0) is 44.9 Å². The van der Waals surface area contributed by atoms with Crippen molar-refractivity contribution < 1.29 is 9.53 Å². The fraction of sp³-hybridized carbons (Fsp3) is 0.500. The van der Waals surface area contributed by atoms with Crippen molar-refractivity contribution in [2.75, 3.05) is 13.7 Å². The minimum atomic E-state index is -0.438. The quantitative estimate of drug-likeness (QED) is 0.815. The van der Waals surface area contributed by atoms with Gasteiger partial charge in [0.1, 0.15) is 5.75 Å². The van der Waals surface area contributed by atoms with Crippen molar-refractivity contribution >= 4 is 5.78 Å². The van der Waals surface area contributed by atoms with Gasteiger partial charge in [-0.2, -0.15) is 0 Å². The van der Waals surface area contributed by atoms with Crippen LogP contribution in [0.3, 0.4) is 0 Å². The van der Waals surface area contributed by atoms with Gasteiger partial charge in [-0.1, -0.05) is 12.1 Å². The molecule has 2 rings (SSSR count). The first-order valence-corrected chi connectivity index (χ1v) is 6.10. The van der Waals surface area contributed by atoms with Crippen molar-refractivity contribution in [1.29, 1.82) is 0 Å². The molecule has 1 saturated heterocycles. The van der Waals surface area contributed by atoms with Crippen LogP contribution in [0.2, 0.25) is 0 Å². The van der Waals surface area contributed by atoms with Gasteiger partial charge in [0.2, 0.25) is 0 Å². The minimum absolute atomic E-state index is 0.134. The van der Waals surface area contributed by atoms with Crippen LogP contribution >= 0.6 is 0 Å². The van der Waals surface area contributed by atoms with Gasteiger partial charge in [0, 0.05) is 0 Å². The van der Waals surface area contributed by atoms with E-state index in [1.807, 2.05) is 31.2 Å². The molecule has 0 amide bonds. The smallest absolute Gasteiger partial charge is 0.186 e. The number of benzene rings is 1. The van der Waals surface area contributed by atoms with E-state index < -0.39 is 5.54 Å². The Morgan fingerprint density at radius 2 is 2.12 bits per heavy atom. The Balaban J connectivity index is 2.29. The number of hydrogen-bond donors (Lipinski definition) is 1. The number of ether oxygens (including phenoxy) is 1. The van der Waals surface area contributed by atoms with Crippen LogP contribution in [-0.2, 0) is 0 Å². The van der Waals surface area contributed by atoms with E-state index in [0.717, 1.165) is 25.8 Å². The topological polar surface area (TPSA) is 38.3 Å². The Bertz CT molecular complexity index is 408. The van der Waals surface area contributed by atoms with Crippen molar-refractivity contribution in [1.82, 2.24) is 5.32 Å². The van der Waals surface area contributed by atoms with E-state index in [-0.39, 0.29) is 5.78 Å². The summed E-state index contributed by atoms with van der Waals surface area (Å²) in [5.41, 5.74) is 0.235. The molecule has 3 heteroatoms. The predicted octanol–water partition coefficient (Wildman–Crippen LogP) is 2.41. The summed E-state index contributed by atoms with van der Waals surface area (Å²) in [7, 11) is 1.60. The highest BCUT2D eigenvalue weighted by Crippen LogP contribution is 2.27. The van der Waals surface area contributed by atoms with Gasteiger partial charge in [0.25, 0.3) is 0 Å². The molecule has 1 aromatic rings. The first-order valence-electron chi connectivity index (χ1n) is 6.10. The maximum atomic E-state index is 12.6. The summed E-state index contributed by atoms with van der Waals surface area (Å²) in [6, 6.07) is 7.43. The van der Waals surface area contributed by atoms with E-state index in [1.54, 1.807) is 7.11 Å². The molecule has 0 radical (unpaired) electrons. The Kier molecular flexibility index (Phi) is 3.48. The van der Waals surface area contributed by atoms with Crippen LogP contribution in [0.5, 0.6) is 5.75 Å². The molecular weight excluding hydrogens is 214 g/mol. The van der Waals surface area contributed by atoms with Crippen molar-refractivity contribution in [2.24, 2.45) is 0 Å².